The molecule has 126 valence electrons. The van der Waals surface area contributed by atoms with Crippen molar-refractivity contribution in [2.45, 2.75) is 33.7 Å². The third-order valence-corrected chi connectivity index (χ3v) is 4.30. The first-order chi connectivity index (χ1) is 10.8. The molecule has 1 aromatic heterocycles. The molecule has 6 heteroatoms. The smallest absolute Gasteiger partial charge is 0.226 e. The van der Waals surface area contributed by atoms with Gasteiger partial charge in [-0.05, 0) is 45.9 Å². The van der Waals surface area contributed by atoms with Crippen molar-refractivity contribution in [3.8, 4) is 0 Å². The number of amides is 1. The van der Waals surface area contributed by atoms with Crippen molar-refractivity contribution in [1.82, 2.24) is 20.2 Å². The maximum atomic E-state index is 12.1. The fraction of sp³-hybridized carbons (Fsp3) is 0.529. The molecule has 23 heavy (non-hydrogen) atoms. The Hall–Kier alpha value is -1.59. The average molecular weight is 337 g/mol. The number of fused-ring (bicyclic) bond motifs is 1. The van der Waals surface area contributed by atoms with Crippen molar-refractivity contribution >= 4 is 28.5 Å². The molecule has 0 saturated heterocycles. The Morgan fingerprint density at radius 3 is 2.78 bits per heavy atom. The first-order valence-corrected chi connectivity index (χ1v) is 8.27. The molecule has 1 unspecified atom stereocenters. The summed E-state index contributed by atoms with van der Waals surface area (Å²) >= 11 is 6.06. The monoisotopic (exact) mass is 336 g/mol. The lowest BCUT2D eigenvalue weighted by Crippen LogP contribution is -2.44. The van der Waals surface area contributed by atoms with Crippen LogP contribution >= 0.6 is 11.6 Å². The molecule has 5 nitrogen and oxygen atoms in total. The standard InChI is InChI=1S/C17H25ClN4O/c1-6-19-16(23)17(3,4)10-20-11(2)15-21-13-8-7-12(18)9-14(13)22(15)5/h7-9,11,20H,6,10H2,1-5H3,(H,19,23). The number of hydrogen-bond acceptors (Lipinski definition) is 3. The van der Waals surface area contributed by atoms with Gasteiger partial charge in [0.2, 0.25) is 5.91 Å². The first-order valence-electron chi connectivity index (χ1n) is 7.90. The topological polar surface area (TPSA) is 59.0 Å². The summed E-state index contributed by atoms with van der Waals surface area (Å²) in [6, 6.07) is 5.71. The van der Waals surface area contributed by atoms with E-state index < -0.39 is 5.41 Å². The molecule has 0 radical (unpaired) electrons. The number of benzene rings is 1. The van der Waals surface area contributed by atoms with E-state index in [-0.39, 0.29) is 11.9 Å². The molecule has 0 aliphatic heterocycles. The third-order valence-electron chi connectivity index (χ3n) is 4.07. The predicted molar refractivity (Wildman–Crippen MR) is 94.6 cm³/mol. The van der Waals surface area contributed by atoms with Gasteiger partial charge in [-0.3, -0.25) is 4.79 Å². The molecule has 1 aromatic carbocycles. The van der Waals surface area contributed by atoms with Crippen LogP contribution in [0.5, 0.6) is 0 Å². The van der Waals surface area contributed by atoms with Gasteiger partial charge in [0.15, 0.2) is 0 Å². The van der Waals surface area contributed by atoms with Gasteiger partial charge < -0.3 is 15.2 Å². The number of carbonyl (C=O) groups excluding carboxylic acids is 1. The van der Waals surface area contributed by atoms with Gasteiger partial charge in [0.25, 0.3) is 0 Å². The summed E-state index contributed by atoms with van der Waals surface area (Å²) in [6.45, 7) is 9.07. The van der Waals surface area contributed by atoms with Crippen LogP contribution < -0.4 is 10.6 Å². The van der Waals surface area contributed by atoms with Gasteiger partial charge in [0.1, 0.15) is 5.82 Å². The predicted octanol–water partition coefficient (Wildman–Crippen LogP) is 3.04. The number of halogens is 1. The Morgan fingerprint density at radius 1 is 1.43 bits per heavy atom. The second-order valence-electron chi connectivity index (χ2n) is 6.51. The summed E-state index contributed by atoms with van der Waals surface area (Å²) in [5.41, 5.74) is 1.45. The largest absolute Gasteiger partial charge is 0.356 e. The average Bonchev–Trinajstić information content (AvgIpc) is 2.82. The number of nitrogens with zero attached hydrogens (tertiary/aromatic N) is 2. The Bertz CT molecular complexity index is 708. The molecule has 0 spiro atoms. The highest BCUT2D eigenvalue weighted by molar-refractivity contribution is 6.31. The molecule has 2 N–H and O–H groups in total. The molecular formula is C17H25ClN4O. The molecule has 0 aliphatic carbocycles. The van der Waals surface area contributed by atoms with E-state index in [1.807, 2.05) is 50.6 Å². The van der Waals surface area contributed by atoms with E-state index in [4.69, 9.17) is 11.6 Å². The Morgan fingerprint density at radius 2 is 2.13 bits per heavy atom. The molecule has 2 rings (SSSR count). The zero-order valence-corrected chi connectivity index (χ0v) is 15.2. The van der Waals surface area contributed by atoms with Gasteiger partial charge in [0, 0.05) is 25.2 Å². The molecule has 0 fully saturated rings. The summed E-state index contributed by atoms with van der Waals surface area (Å²) in [5.74, 6) is 0.977. The van der Waals surface area contributed by atoms with E-state index in [0.29, 0.717) is 18.1 Å². The SMILES string of the molecule is CCNC(=O)C(C)(C)CNC(C)c1nc2ccc(Cl)cc2n1C. The van der Waals surface area contributed by atoms with Crippen LogP contribution in [0, 0.1) is 5.41 Å². The number of hydrogen-bond donors (Lipinski definition) is 2. The summed E-state index contributed by atoms with van der Waals surface area (Å²) in [4.78, 5) is 16.7. The Balaban J connectivity index is 2.13. The van der Waals surface area contributed by atoms with Crippen molar-refractivity contribution in [1.29, 1.82) is 0 Å². The van der Waals surface area contributed by atoms with Crippen molar-refractivity contribution in [3.05, 3.63) is 29.0 Å². The van der Waals surface area contributed by atoms with E-state index in [1.165, 1.54) is 0 Å². The van der Waals surface area contributed by atoms with Gasteiger partial charge in [-0.2, -0.15) is 0 Å². The lowest BCUT2D eigenvalue weighted by Gasteiger charge is -2.25. The second kappa shape index (κ2) is 6.89. The Labute approximate surface area is 142 Å². The number of rotatable bonds is 6. The van der Waals surface area contributed by atoms with Gasteiger partial charge in [-0.15, -0.1) is 0 Å². The van der Waals surface area contributed by atoms with Crippen LogP contribution in [-0.4, -0.2) is 28.5 Å². The molecule has 0 bridgehead atoms. The van der Waals surface area contributed by atoms with Gasteiger partial charge in [-0.1, -0.05) is 11.6 Å². The van der Waals surface area contributed by atoms with Gasteiger partial charge in [-0.25, -0.2) is 4.98 Å². The zero-order valence-electron chi connectivity index (χ0n) is 14.4. The highest BCUT2D eigenvalue weighted by Gasteiger charge is 2.28. The Kier molecular flexibility index (Phi) is 5.32. The number of nitrogens with one attached hydrogen (secondary N) is 2. The lowest BCUT2D eigenvalue weighted by molar-refractivity contribution is -0.129. The molecule has 1 heterocycles. The van der Waals surface area contributed by atoms with Crippen LogP contribution in [0.4, 0.5) is 0 Å². The van der Waals surface area contributed by atoms with Crippen LogP contribution in [0.25, 0.3) is 11.0 Å². The van der Waals surface area contributed by atoms with Crippen molar-refractivity contribution in [2.24, 2.45) is 12.5 Å². The highest BCUT2D eigenvalue weighted by Crippen LogP contribution is 2.23. The molecule has 1 amide bonds. The number of carbonyl (C=O) groups is 1. The van der Waals surface area contributed by atoms with Gasteiger partial charge >= 0.3 is 0 Å². The minimum absolute atomic E-state index is 0.0277. The van der Waals surface area contributed by atoms with E-state index in [9.17, 15) is 4.79 Å². The summed E-state index contributed by atoms with van der Waals surface area (Å²) in [6.07, 6.45) is 0. The van der Waals surface area contributed by atoms with Crippen LogP contribution in [0.3, 0.4) is 0 Å². The number of aryl methyl sites for hydroxylation is 1. The van der Waals surface area contributed by atoms with E-state index in [1.54, 1.807) is 0 Å². The molecule has 0 aliphatic rings. The third kappa shape index (κ3) is 3.85. The molecular weight excluding hydrogens is 312 g/mol. The number of aromatic nitrogens is 2. The summed E-state index contributed by atoms with van der Waals surface area (Å²) in [7, 11) is 1.98. The summed E-state index contributed by atoms with van der Waals surface area (Å²) < 4.78 is 2.04. The van der Waals surface area contributed by atoms with Crippen molar-refractivity contribution in [2.75, 3.05) is 13.1 Å². The molecule has 0 saturated carbocycles. The minimum Gasteiger partial charge on any atom is -0.356 e. The normalized spacial score (nSPS) is 13.3. The van der Waals surface area contributed by atoms with Crippen molar-refractivity contribution in [3.63, 3.8) is 0 Å². The quantitative estimate of drug-likeness (QED) is 0.852. The fourth-order valence-corrected chi connectivity index (χ4v) is 2.71. The van der Waals surface area contributed by atoms with E-state index >= 15 is 0 Å². The van der Waals surface area contributed by atoms with Crippen LogP contribution in [0.2, 0.25) is 5.02 Å². The maximum Gasteiger partial charge on any atom is 0.226 e. The maximum absolute atomic E-state index is 12.1. The fourth-order valence-electron chi connectivity index (χ4n) is 2.55. The number of imidazole rings is 1. The molecule has 1 atom stereocenters. The second-order valence-corrected chi connectivity index (χ2v) is 6.94. The molecule has 2 aromatic rings. The van der Waals surface area contributed by atoms with Crippen LogP contribution in [-0.2, 0) is 11.8 Å². The van der Waals surface area contributed by atoms with Crippen molar-refractivity contribution < 1.29 is 4.79 Å². The zero-order chi connectivity index (χ0) is 17.2. The van der Waals surface area contributed by atoms with E-state index in [2.05, 4.69) is 22.5 Å². The summed E-state index contributed by atoms with van der Waals surface area (Å²) in [5, 5.41) is 6.99. The van der Waals surface area contributed by atoms with Crippen LogP contribution in [0.1, 0.15) is 39.6 Å². The van der Waals surface area contributed by atoms with E-state index in [0.717, 1.165) is 16.9 Å². The highest BCUT2D eigenvalue weighted by atomic mass is 35.5. The van der Waals surface area contributed by atoms with Gasteiger partial charge in [0.05, 0.1) is 22.5 Å². The first kappa shape index (κ1) is 17.8. The minimum atomic E-state index is -0.474. The lowest BCUT2D eigenvalue weighted by atomic mass is 9.92. The van der Waals surface area contributed by atoms with Crippen LogP contribution in [0.15, 0.2) is 18.2 Å².